The quantitative estimate of drug-likeness (QED) is 0.163. The normalized spacial score (nSPS) is 11.0. The molecule has 11 rings (SSSR count). The van der Waals surface area contributed by atoms with Gasteiger partial charge >= 0.3 is 0 Å². The van der Waals surface area contributed by atoms with E-state index in [0.29, 0.717) is 39.2 Å². The highest BCUT2D eigenvalue weighted by molar-refractivity contribution is 6.12. The number of benzene rings is 8. The summed E-state index contributed by atoms with van der Waals surface area (Å²) in [6.45, 7) is 0. The molecule has 0 aliphatic carbocycles. The Bertz CT molecular complexity index is 4000. The molecule has 0 radical (unpaired) electrons. The summed E-state index contributed by atoms with van der Waals surface area (Å²) in [7, 11) is 0. The largest absolute Gasteiger partial charge is 0.309 e. The van der Waals surface area contributed by atoms with Gasteiger partial charge in [0, 0.05) is 32.7 Å². The third kappa shape index (κ3) is 6.38. The Morgan fingerprint density at radius 2 is 0.788 bits per heavy atom. The molecule has 8 aromatic carbocycles. The summed E-state index contributed by atoms with van der Waals surface area (Å²) in [5, 5.41) is 54.2. The monoisotopic (exact) mass is 838 g/mol. The highest BCUT2D eigenvalue weighted by atomic mass is 15.0. The molecule has 0 amide bonds. The Morgan fingerprint density at radius 3 is 1.30 bits per heavy atom. The van der Waals surface area contributed by atoms with E-state index >= 15 is 0 Å². The molecule has 3 heterocycles. The zero-order valence-corrected chi connectivity index (χ0v) is 34.9. The van der Waals surface area contributed by atoms with Crippen LogP contribution in [0.5, 0.6) is 0 Å². The van der Waals surface area contributed by atoms with Crippen LogP contribution < -0.4 is 0 Å². The number of aromatic nitrogens is 3. The topological polar surface area (TPSA) is 142 Å². The number of fused-ring (bicyclic) bond motifs is 6. The molecule has 66 heavy (non-hydrogen) atoms. The summed E-state index contributed by atoms with van der Waals surface area (Å²) in [4.78, 5) is 5.30. The van der Waals surface area contributed by atoms with E-state index in [4.69, 9.17) is 4.98 Å². The highest BCUT2D eigenvalue weighted by Crippen LogP contribution is 2.42. The molecule has 0 N–H and O–H groups in total. The molecule has 302 valence electrons. The van der Waals surface area contributed by atoms with Crippen LogP contribution in [0, 0.1) is 56.7 Å². The second kappa shape index (κ2) is 15.7. The highest BCUT2D eigenvalue weighted by Gasteiger charge is 2.23. The van der Waals surface area contributed by atoms with Gasteiger partial charge in [-0.3, -0.25) is 0 Å². The average molecular weight is 839 g/mol. The van der Waals surface area contributed by atoms with Crippen LogP contribution in [0.4, 0.5) is 0 Å². The minimum Gasteiger partial charge on any atom is -0.309 e. The predicted molar refractivity (Wildman–Crippen MR) is 258 cm³/mol. The van der Waals surface area contributed by atoms with Crippen molar-refractivity contribution < 1.29 is 0 Å². The van der Waals surface area contributed by atoms with Crippen LogP contribution in [0.3, 0.4) is 0 Å². The molecule has 0 fully saturated rings. The molecule has 8 nitrogen and oxygen atoms in total. The van der Waals surface area contributed by atoms with E-state index in [0.717, 1.165) is 88.4 Å². The lowest BCUT2D eigenvalue weighted by Crippen LogP contribution is -2.04. The Balaban J connectivity index is 1.19. The van der Waals surface area contributed by atoms with Crippen LogP contribution in [-0.2, 0) is 0 Å². The maximum absolute atomic E-state index is 11.2. The first-order chi connectivity index (χ1) is 32.5. The van der Waals surface area contributed by atoms with Gasteiger partial charge in [0.05, 0.1) is 96.9 Å². The molecule has 0 unspecified atom stereocenters. The summed E-state index contributed by atoms with van der Waals surface area (Å²) in [5.41, 5.74) is 13.7. The van der Waals surface area contributed by atoms with Gasteiger partial charge in [-0.15, -0.1) is 0 Å². The Labute approximate surface area is 378 Å². The Hall–Kier alpha value is -10.0. The molecule has 8 heteroatoms. The minimum absolute atomic E-state index is 0.408. The maximum Gasteiger partial charge on any atom is 0.101 e. The summed E-state index contributed by atoms with van der Waals surface area (Å²) < 4.78 is 4.33. The first kappa shape index (κ1) is 38.9. The number of pyridine rings is 1. The number of hydrogen-bond acceptors (Lipinski definition) is 6. The van der Waals surface area contributed by atoms with Gasteiger partial charge in [-0.1, -0.05) is 84.9 Å². The zero-order chi connectivity index (χ0) is 44.9. The number of para-hydroxylation sites is 2. The first-order valence-corrected chi connectivity index (χ1v) is 21.1. The van der Waals surface area contributed by atoms with E-state index in [9.17, 15) is 26.3 Å². The van der Waals surface area contributed by atoms with Crippen LogP contribution in [-0.4, -0.2) is 14.1 Å². The van der Waals surface area contributed by atoms with E-state index in [2.05, 4.69) is 88.0 Å². The Kier molecular flexibility index (Phi) is 9.24. The number of hydrogen-bond donors (Lipinski definition) is 0. The number of rotatable bonds is 6. The van der Waals surface area contributed by atoms with Gasteiger partial charge < -0.3 is 9.13 Å². The summed E-state index contributed by atoms with van der Waals surface area (Å²) in [6, 6.07) is 70.4. The lowest BCUT2D eigenvalue weighted by atomic mass is 9.98. The van der Waals surface area contributed by atoms with Crippen LogP contribution >= 0.6 is 0 Å². The van der Waals surface area contributed by atoms with Gasteiger partial charge in [-0.25, -0.2) is 4.98 Å². The third-order valence-corrected chi connectivity index (χ3v) is 12.2. The Morgan fingerprint density at radius 1 is 0.318 bits per heavy atom. The average Bonchev–Trinajstić information content (AvgIpc) is 3.90. The van der Waals surface area contributed by atoms with Crippen LogP contribution in [0.1, 0.15) is 27.8 Å². The summed E-state index contributed by atoms with van der Waals surface area (Å²) >= 11 is 0. The fraction of sp³-hybridized carbons (Fsp3) is 0. The third-order valence-electron chi connectivity index (χ3n) is 12.2. The van der Waals surface area contributed by atoms with E-state index in [1.807, 2.05) is 97.1 Å². The van der Waals surface area contributed by atoms with Crippen molar-refractivity contribution in [2.45, 2.75) is 0 Å². The molecule has 11 aromatic rings. The smallest absolute Gasteiger partial charge is 0.101 e. The van der Waals surface area contributed by atoms with Crippen LogP contribution in [0.25, 0.3) is 99.8 Å². The molecular weight excluding hydrogens is 809 g/mol. The zero-order valence-electron chi connectivity index (χ0n) is 34.9. The first-order valence-electron chi connectivity index (χ1n) is 21.1. The summed E-state index contributed by atoms with van der Waals surface area (Å²) in [6.07, 6.45) is 0. The minimum atomic E-state index is 0.408. The van der Waals surface area contributed by atoms with Crippen molar-refractivity contribution in [3.63, 3.8) is 0 Å². The molecule has 3 aromatic heterocycles. The fourth-order valence-electron chi connectivity index (χ4n) is 9.27. The number of nitriles is 5. The van der Waals surface area contributed by atoms with E-state index in [1.54, 1.807) is 36.4 Å². The van der Waals surface area contributed by atoms with Crippen LogP contribution in [0.2, 0.25) is 0 Å². The van der Waals surface area contributed by atoms with Gasteiger partial charge in [-0.2, -0.15) is 26.3 Å². The second-order valence-electron chi connectivity index (χ2n) is 16.0. The molecule has 0 spiro atoms. The van der Waals surface area contributed by atoms with Crippen molar-refractivity contribution in [3.05, 3.63) is 210 Å². The molecule has 0 saturated carbocycles. The van der Waals surface area contributed by atoms with Gasteiger partial charge in [0.1, 0.15) is 6.07 Å². The SMILES string of the molecule is N#Cc1cc(C#N)cc(-c2ccc3c(c2)c2ccccc2n3-c2cc(-c3cccc(-c4ccccc4)n3)c(-n3c4ccccc4c4cc(-c5cc(C#N)cc(C#N)c5)ccc43)cc2C#N)c1. The van der Waals surface area contributed by atoms with Gasteiger partial charge in [0.2, 0.25) is 0 Å². The van der Waals surface area contributed by atoms with Crippen molar-refractivity contribution in [1.29, 1.82) is 26.3 Å². The molecule has 0 bridgehead atoms. The standard InChI is InChI=1S/C58H30N8/c59-31-36-21-37(32-60)24-43(23-36)41-17-19-55-48(27-41)46-11-4-6-15-53(46)65(55)57-30-50(52-14-8-13-51(64-52)40-9-2-1-3-10-40)58(29-45(57)35-63)66-54-16-7-5-12-47(54)49-28-42(18-20-56(49)66)44-25-38(33-61)22-39(26-44)34-62/h1-30H. The van der Waals surface area contributed by atoms with Gasteiger partial charge in [0.15, 0.2) is 0 Å². The van der Waals surface area contributed by atoms with Crippen LogP contribution in [0.15, 0.2) is 182 Å². The lowest BCUT2D eigenvalue weighted by molar-refractivity contribution is 1.13. The molecule has 0 aliphatic rings. The van der Waals surface area contributed by atoms with Crippen molar-refractivity contribution in [3.8, 4) is 86.5 Å². The summed E-state index contributed by atoms with van der Waals surface area (Å²) in [5.74, 6) is 0. The second-order valence-corrected chi connectivity index (χ2v) is 16.0. The predicted octanol–water partition coefficient (Wildman–Crippen LogP) is 13.3. The van der Waals surface area contributed by atoms with Crippen molar-refractivity contribution in [2.75, 3.05) is 0 Å². The molecule has 0 atom stereocenters. The molecule has 0 aliphatic heterocycles. The van der Waals surface area contributed by atoms with Gasteiger partial charge in [-0.05, 0) is 119 Å². The van der Waals surface area contributed by atoms with E-state index in [-0.39, 0.29) is 0 Å². The fourth-order valence-corrected chi connectivity index (χ4v) is 9.27. The molecule has 0 saturated heterocycles. The number of nitrogens with zero attached hydrogens (tertiary/aromatic N) is 8. The van der Waals surface area contributed by atoms with Gasteiger partial charge in [0.25, 0.3) is 0 Å². The molecular formula is C58H30N8. The van der Waals surface area contributed by atoms with E-state index in [1.165, 1.54) is 0 Å². The lowest BCUT2D eigenvalue weighted by Gasteiger charge is -2.19. The van der Waals surface area contributed by atoms with Crippen molar-refractivity contribution in [2.24, 2.45) is 0 Å². The maximum atomic E-state index is 11.2. The van der Waals surface area contributed by atoms with Crippen molar-refractivity contribution >= 4 is 43.6 Å². The van der Waals surface area contributed by atoms with Crippen molar-refractivity contribution in [1.82, 2.24) is 14.1 Å². The van der Waals surface area contributed by atoms with E-state index < -0.39 is 0 Å².